The van der Waals surface area contributed by atoms with E-state index in [0.29, 0.717) is 0 Å². The Morgan fingerprint density at radius 3 is 1.73 bits per heavy atom. The van der Waals surface area contributed by atoms with Crippen LogP contribution in [0.2, 0.25) is 6.04 Å². The molecule has 0 N–H and O–H groups in total. The van der Waals surface area contributed by atoms with E-state index in [-0.39, 0.29) is 0 Å². The summed E-state index contributed by atoms with van der Waals surface area (Å²) in [6.07, 6.45) is 12.0. The third kappa shape index (κ3) is 14.8. The van der Waals surface area contributed by atoms with Gasteiger partial charge in [-0.3, -0.25) is 0 Å². The smallest absolute Gasteiger partial charge is 0.126 e. The molecule has 0 fully saturated rings. The van der Waals surface area contributed by atoms with E-state index in [0.717, 1.165) is 18.9 Å². The van der Waals surface area contributed by atoms with Crippen LogP contribution in [0.3, 0.4) is 0 Å². The van der Waals surface area contributed by atoms with Gasteiger partial charge in [0, 0.05) is 0 Å². The lowest BCUT2D eigenvalue weighted by Gasteiger charge is -2.06. The maximum atomic E-state index is 5.79. The minimum atomic E-state index is -2.34. The van der Waals surface area contributed by atoms with Crippen LogP contribution in [0.5, 0.6) is 0 Å². The molecule has 0 nitrogen and oxygen atoms in total. The quantitative estimate of drug-likeness (QED) is 0.202. The van der Waals surface area contributed by atoms with Gasteiger partial charge in [0.25, 0.3) is 0 Å². The van der Waals surface area contributed by atoms with E-state index in [9.17, 15) is 0 Å². The topological polar surface area (TPSA) is 0 Å². The summed E-state index contributed by atoms with van der Waals surface area (Å²) < 4.78 is 0. The number of unbranched alkanes of at least 4 members (excludes halogenated alkanes) is 7. The van der Waals surface area contributed by atoms with Crippen molar-refractivity contribution in [3.63, 3.8) is 0 Å². The maximum absolute atomic E-state index is 5.79. The standard InChI is InChI=1S/C11H21Cl3Si/c1-2-3-4-5-6-7-8-9-10-11-15(12,13)14/h2H,1,3-11H2. The van der Waals surface area contributed by atoms with Crippen molar-refractivity contribution in [2.45, 2.75) is 57.4 Å². The Kier molecular flexibility index (Phi) is 10.6. The first-order chi connectivity index (χ1) is 7.06. The number of halogens is 3. The van der Waals surface area contributed by atoms with E-state index in [1.54, 1.807) is 0 Å². The van der Waals surface area contributed by atoms with E-state index in [4.69, 9.17) is 33.2 Å². The summed E-state index contributed by atoms with van der Waals surface area (Å²) in [5.41, 5.74) is 0. The van der Waals surface area contributed by atoms with Gasteiger partial charge in [0.2, 0.25) is 0 Å². The van der Waals surface area contributed by atoms with Crippen molar-refractivity contribution in [2.24, 2.45) is 0 Å². The lowest BCUT2D eigenvalue weighted by atomic mass is 10.1. The molecular weight excluding hydrogens is 267 g/mol. The highest BCUT2D eigenvalue weighted by atomic mass is 35.8. The molecule has 0 rings (SSSR count). The zero-order chi connectivity index (χ0) is 11.6. The first-order valence-electron chi connectivity index (χ1n) is 5.74. The van der Waals surface area contributed by atoms with E-state index in [1.165, 1.54) is 38.5 Å². The molecule has 15 heavy (non-hydrogen) atoms. The predicted octanol–water partition coefficient (Wildman–Crippen LogP) is 5.95. The first kappa shape index (κ1) is 15.8. The fourth-order valence-corrected chi connectivity index (χ4v) is 3.35. The lowest BCUT2D eigenvalue weighted by molar-refractivity contribution is 0.592. The molecule has 0 bridgehead atoms. The van der Waals surface area contributed by atoms with Crippen LogP contribution in [0, 0.1) is 0 Å². The second-order valence-corrected chi connectivity index (χ2v) is 13.2. The van der Waals surface area contributed by atoms with Crippen molar-refractivity contribution in [3.8, 4) is 0 Å². The van der Waals surface area contributed by atoms with Crippen molar-refractivity contribution in [1.29, 1.82) is 0 Å². The van der Waals surface area contributed by atoms with Crippen LogP contribution in [0.15, 0.2) is 12.7 Å². The molecule has 0 aliphatic rings. The summed E-state index contributed by atoms with van der Waals surface area (Å²) in [5.74, 6) is 0. The SMILES string of the molecule is C=CCCCCCCCCC[Si](Cl)(Cl)Cl. The average molecular weight is 288 g/mol. The molecule has 0 aromatic rings. The Balaban J connectivity index is 3.02. The van der Waals surface area contributed by atoms with Gasteiger partial charge in [-0.25, -0.2) is 0 Å². The average Bonchev–Trinajstić information content (AvgIpc) is 2.14. The van der Waals surface area contributed by atoms with Crippen molar-refractivity contribution in [2.75, 3.05) is 0 Å². The molecule has 0 heterocycles. The van der Waals surface area contributed by atoms with Crippen molar-refractivity contribution >= 4 is 39.2 Å². The molecule has 4 heteroatoms. The highest BCUT2D eigenvalue weighted by Crippen LogP contribution is 2.27. The van der Waals surface area contributed by atoms with Gasteiger partial charge in [-0.15, -0.1) is 39.8 Å². The Labute approximate surface area is 109 Å². The van der Waals surface area contributed by atoms with E-state index < -0.39 is 6.00 Å². The van der Waals surface area contributed by atoms with Crippen LogP contribution >= 0.6 is 33.2 Å². The van der Waals surface area contributed by atoms with Gasteiger partial charge in [0.15, 0.2) is 0 Å². The molecule has 0 aromatic heterocycles. The molecule has 90 valence electrons. The van der Waals surface area contributed by atoms with E-state index in [1.807, 2.05) is 6.08 Å². The Morgan fingerprint density at radius 2 is 1.27 bits per heavy atom. The monoisotopic (exact) mass is 286 g/mol. The van der Waals surface area contributed by atoms with Gasteiger partial charge in [-0.1, -0.05) is 44.6 Å². The first-order valence-corrected chi connectivity index (χ1v) is 11.0. The number of rotatable bonds is 10. The molecule has 0 radical (unpaired) electrons. The molecule has 0 saturated carbocycles. The Bertz CT molecular complexity index is 154. The van der Waals surface area contributed by atoms with Crippen molar-refractivity contribution in [3.05, 3.63) is 12.7 Å². The summed E-state index contributed by atoms with van der Waals surface area (Å²) >= 11 is 17.4. The molecule has 0 atom stereocenters. The van der Waals surface area contributed by atoms with Crippen LogP contribution < -0.4 is 0 Å². The molecule has 0 saturated heterocycles. The van der Waals surface area contributed by atoms with E-state index in [2.05, 4.69) is 6.58 Å². The lowest BCUT2D eigenvalue weighted by Crippen LogP contribution is -2.07. The largest absolute Gasteiger partial charge is 0.341 e. The van der Waals surface area contributed by atoms with Gasteiger partial charge in [0.05, 0.1) is 0 Å². The van der Waals surface area contributed by atoms with Crippen LogP contribution in [0.25, 0.3) is 0 Å². The third-order valence-corrected chi connectivity index (χ3v) is 4.99. The molecule has 0 spiro atoms. The van der Waals surface area contributed by atoms with Crippen LogP contribution in [-0.4, -0.2) is 6.00 Å². The molecule has 0 amide bonds. The van der Waals surface area contributed by atoms with E-state index >= 15 is 0 Å². The minimum absolute atomic E-state index is 0.814. The predicted molar refractivity (Wildman–Crippen MR) is 75.3 cm³/mol. The molecular formula is C11H21Cl3Si. The fourth-order valence-electron chi connectivity index (χ4n) is 1.50. The van der Waals surface area contributed by atoms with Gasteiger partial charge < -0.3 is 0 Å². The van der Waals surface area contributed by atoms with Gasteiger partial charge in [0.1, 0.15) is 0 Å². The summed E-state index contributed by atoms with van der Waals surface area (Å²) in [5, 5.41) is 0. The number of hydrogen-bond acceptors (Lipinski definition) is 0. The second-order valence-electron chi connectivity index (χ2n) is 3.92. The number of hydrogen-bond donors (Lipinski definition) is 0. The molecule has 0 aromatic carbocycles. The summed E-state index contributed by atoms with van der Waals surface area (Å²) in [6, 6.07) is -1.52. The van der Waals surface area contributed by atoms with Crippen LogP contribution in [-0.2, 0) is 0 Å². The molecule has 0 aliphatic heterocycles. The highest BCUT2D eigenvalue weighted by Gasteiger charge is 2.23. The van der Waals surface area contributed by atoms with Gasteiger partial charge >= 0.3 is 6.00 Å². The van der Waals surface area contributed by atoms with Gasteiger partial charge in [-0.2, -0.15) is 0 Å². The summed E-state index contributed by atoms with van der Waals surface area (Å²) in [7, 11) is 0. The normalized spacial score (nSPS) is 11.7. The van der Waals surface area contributed by atoms with Crippen LogP contribution in [0.1, 0.15) is 51.4 Å². The Morgan fingerprint density at radius 1 is 0.800 bits per heavy atom. The fraction of sp³-hybridized carbons (Fsp3) is 0.818. The molecule has 0 unspecified atom stereocenters. The highest BCUT2D eigenvalue weighted by molar-refractivity contribution is 7.64. The third-order valence-electron chi connectivity index (χ3n) is 2.37. The molecule has 0 aliphatic carbocycles. The maximum Gasteiger partial charge on any atom is 0.341 e. The number of allylic oxidation sites excluding steroid dienone is 1. The van der Waals surface area contributed by atoms with Crippen molar-refractivity contribution in [1.82, 2.24) is 0 Å². The zero-order valence-electron chi connectivity index (χ0n) is 9.28. The van der Waals surface area contributed by atoms with Gasteiger partial charge in [-0.05, 0) is 18.9 Å². The zero-order valence-corrected chi connectivity index (χ0v) is 12.6. The minimum Gasteiger partial charge on any atom is -0.126 e. The Hall–Kier alpha value is 0.827. The summed E-state index contributed by atoms with van der Waals surface area (Å²) in [4.78, 5) is 0. The van der Waals surface area contributed by atoms with Crippen LogP contribution in [0.4, 0.5) is 0 Å². The summed E-state index contributed by atoms with van der Waals surface area (Å²) in [6.45, 7) is 3.71. The second kappa shape index (κ2) is 10.0. The van der Waals surface area contributed by atoms with Crippen molar-refractivity contribution < 1.29 is 0 Å².